The van der Waals surface area contributed by atoms with Crippen LogP contribution in [0.5, 0.6) is 0 Å². The SMILES string of the molecule is C=CCS(=O)(=O)Nc1cnccc1C(=O)O. The molecule has 0 fully saturated rings. The lowest BCUT2D eigenvalue weighted by Crippen LogP contribution is -2.17. The summed E-state index contributed by atoms with van der Waals surface area (Å²) in [6, 6.07) is 1.22. The molecule has 0 aromatic carbocycles. The first kappa shape index (κ1) is 12.2. The second-order valence-corrected chi connectivity index (χ2v) is 4.67. The molecule has 1 rings (SSSR count). The second kappa shape index (κ2) is 4.75. The van der Waals surface area contributed by atoms with Crippen molar-refractivity contribution in [2.24, 2.45) is 0 Å². The third kappa shape index (κ3) is 3.06. The highest BCUT2D eigenvalue weighted by Gasteiger charge is 2.14. The van der Waals surface area contributed by atoms with Crippen molar-refractivity contribution in [2.75, 3.05) is 10.5 Å². The summed E-state index contributed by atoms with van der Waals surface area (Å²) in [4.78, 5) is 14.4. The summed E-state index contributed by atoms with van der Waals surface area (Å²) in [5, 5.41) is 8.81. The van der Waals surface area contributed by atoms with Gasteiger partial charge in [0, 0.05) is 6.20 Å². The molecule has 2 N–H and O–H groups in total. The van der Waals surface area contributed by atoms with E-state index in [0.29, 0.717) is 0 Å². The Labute approximate surface area is 92.7 Å². The third-order valence-electron chi connectivity index (χ3n) is 1.65. The van der Waals surface area contributed by atoms with Crippen LogP contribution >= 0.6 is 0 Å². The Morgan fingerprint density at radius 1 is 1.62 bits per heavy atom. The second-order valence-electron chi connectivity index (χ2n) is 2.90. The zero-order valence-corrected chi connectivity index (χ0v) is 9.07. The Bertz CT molecular complexity index is 510. The molecule has 0 unspecified atom stereocenters. The van der Waals surface area contributed by atoms with Gasteiger partial charge in [0.05, 0.1) is 23.2 Å². The molecule has 0 amide bonds. The van der Waals surface area contributed by atoms with E-state index in [9.17, 15) is 13.2 Å². The average Bonchev–Trinajstić information content (AvgIpc) is 2.17. The van der Waals surface area contributed by atoms with E-state index in [1.54, 1.807) is 0 Å². The van der Waals surface area contributed by atoms with Crippen molar-refractivity contribution in [2.45, 2.75) is 0 Å². The van der Waals surface area contributed by atoms with E-state index in [1.165, 1.54) is 18.3 Å². The standard InChI is InChI=1S/C9H10N2O4S/c1-2-5-16(14,15)11-8-6-10-4-3-7(8)9(12)13/h2-4,6,11H,1,5H2,(H,12,13). The predicted molar refractivity (Wildman–Crippen MR) is 58.8 cm³/mol. The van der Waals surface area contributed by atoms with Gasteiger partial charge < -0.3 is 5.11 Å². The Balaban J connectivity index is 3.06. The van der Waals surface area contributed by atoms with Gasteiger partial charge in [0.15, 0.2) is 0 Å². The minimum atomic E-state index is -3.61. The van der Waals surface area contributed by atoms with Gasteiger partial charge in [-0.2, -0.15) is 0 Å². The van der Waals surface area contributed by atoms with Crippen LogP contribution in [0.4, 0.5) is 5.69 Å². The molecule has 1 heterocycles. The first-order valence-electron chi connectivity index (χ1n) is 4.25. The van der Waals surface area contributed by atoms with Crippen molar-refractivity contribution in [3.8, 4) is 0 Å². The van der Waals surface area contributed by atoms with E-state index in [-0.39, 0.29) is 17.0 Å². The van der Waals surface area contributed by atoms with Gasteiger partial charge in [-0.05, 0) is 6.07 Å². The number of pyridine rings is 1. The monoisotopic (exact) mass is 242 g/mol. The molecule has 0 aliphatic rings. The topological polar surface area (TPSA) is 96.4 Å². The van der Waals surface area contributed by atoms with Crippen LogP contribution in [0.2, 0.25) is 0 Å². The van der Waals surface area contributed by atoms with Crippen molar-refractivity contribution >= 4 is 21.7 Å². The van der Waals surface area contributed by atoms with Gasteiger partial charge in [0.1, 0.15) is 0 Å². The van der Waals surface area contributed by atoms with Gasteiger partial charge in [0.25, 0.3) is 0 Å². The summed E-state index contributed by atoms with van der Waals surface area (Å²) in [5.41, 5.74) is -0.209. The highest BCUT2D eigenvalue weighted by Crippen LogP contribution is 2.14. The van der Waals surface area contributed by atoms with Crippen LogP contribution in [0.3, 0.4) is 0 Å². The van der Waals surface area contributed by atoms with Crippen LogP contribution in [0.15, 0.2) is 31.1 Å². The lowest BCUT2D eigenvalue weighted by molar-refractivity contribution is 0.0698. The number of sulfonamides is 1. The lowest BCUT2D eigenvalue weighted by atomic mass is 10.2. The van der Waals surface area contributed by atoms with Crippen LogP contribution in [0, 0.1) is 0 Å². The quantitative estimate of drug-likeness (QED) is 0.741. The van der Waals surface area contributed by atoms with Crippen molar-refractivity contribution in [1.82, 2.24) is 4.98 Å². The highest BCUT2D eigenvalue weighted by molar-refractivity contribution is 7.92. The summed E-state index contributed by atoms with van der Waals surface area (Å²) >= 11 is 0. The molecule has 1 aromatic rings. The van der Waals surface area contributed by atoms with E-state index < -0.39 is 16.0 Å². The van der Waals surface area contributed by atoms with Crippen molar-refractivity contribution in [1.29, 1.82) is 0 Å². The molecule has 0 atom stereocenters. The molecule has 0 bridgehead atoms. The Morgan fingerprint density at radius 2 is 2.31 bits per heavy atom. The maximum Gasteiger partial charge on any atom is 0.337 e. The zero-order chi connectivity index (χ0) is 12.2. The number of carboxylic acid groups (broad SMARTS) is 1. The molecular formula is C9H10N2O4S. The van der Waals surface area contributed by atoms with Gasteiger partial charge in [-0.1, -0.05) is 6.08 Å². The lowest BCUT2D eigenvalue weighted by Gasteiger charge is -2.07. The van der Waals surface area contributed by atoms with Crippen LogP contribution in [-0.4, -0.2) is 30.2 Å². The number of hydrogen-bond donors (Lipinski definition) is 2. The molecule has 0 spiro atoms. The van der Waals surface area contributed by atoms with Crippen LogP contribution in [-0.2, 0) is 10.0 Å². The van der Waals surface area contributed by atoms with E-state index in [0.717, 1.165) is 6.20 Å². The van der Waals surface area contributed by atoms with Crippen LogP contribution in [0.25, 0.3) is 0 Å². The molecule has 0 saturated carbocycles. The normalized spacial score (nSPS) is 10.8. The van der Waals surface area contributed by atoms with Gasteiger partial charge in [-0.3, -0.25) is 9.71 Å². The fraction of sp³-hybridized carbons (Fsp3) is 0.111. The number of anilines is 1. The molecule has 0 radical (unpaired) electrons. The van der Waals surface area contributed by atoms with Gasteiger partial charge in [-0.25, -0.2) is 13.2 Å². The molecule has 6 nitrogen and oxygen atoms in total. The van der Waals surface area contributed by atoms with E-state index in [2.05, 4.69) is 16.3 Å². The number of hydrogen-bond acceptors (Lipinski definition) is 4. The molecular weight excluding hydrogens is 232 g/mol. The Morgan fingerprint density at radius 3 is 2.88 bits per heavy atom. The maximum absolute atomic E-state index is 11.4. The van der Waals surface area contributed by atoms with Crippen LogP contribution < -0.4 is 4.72 Å². The molecule has 0 saturated heterocycles. The highest BCUT2D eigenvalue weighted by atomic mass is 32.2. The maximum atomic E-state index is 11.4. The van der Waals surface area contributed by atoms with Crippen LogP contribution in [0.1, 0.15) is 10.4 Å². The number of carboxylic acids is 1. The number of aromatic carboxylic acids is 1. The molecule has 0 aliphatic heterocycles. The average molecular weight is 242 g/mol. The van der Waals surface area contributed by atoms with E-state index in [1.807, 2.05) is 0 Å². The summed E-state index contributed by atoms with van der Waals surface area (Å²) in [5.74, 6) is -1.51. The van der Waals surface area contributed by atoms with E-state index >= 15 is 0 Å². The van der Waals surface area contributed by atoms with Gasteiger partial charge in [-0.15, -0.1) is 6.58 Å². The number of nitrogens with zero attached hydrogens (tertiary/aromatic N) is 1. The Hall–Kier alpha value is -1.89. The number of aromatic nitrogens is 1. The zero-order valence-electron chi connectivity index (χ0n) is 8.25. The minimum absolute atomic E-state index is 0.0585. The predicted octanol–water partition coefficient (Wildman–Crippen LogP) is 0.708. The largest absolute Gasteiger partial charge is 0.478 e. The molecule has 86 valence electrons. The van der Waals surface area contributed by atoms with Crippen molar-refractivity contribution < 1.29 is 18.3 Å². The Kier molecular flexibility index (Phi) is 3.62. The molecule has 16 heavy (non-hydrogen) atoms. The first-order valence-corrected chi connectivity index (χ1v) is 5.90. The summed E-state index contributed by atoms with van der Waals surface area (Å²) in [6.45, 7) is 3.29. The van der Waals surface area contributed by atoms with E-state index in [4.69, 9.17) is 5.11 Å². The summed E-state index contributed by atoms with van der Waals surface area (Å²) in [6.07, 6.45) is 3.62. The number of carbonyl (C=O) groups is 1. The fourth-order valence-corrected chi connectivity index (χ4v) is 1.92. The summed E-state index contributed by atoms with van der Waals surface area (Å²) in [7, 11) is -3.61. The third-order valence-corrected chi connectivity index (χ3v) is 2.86. The fourth-order valence-electron chi connectivity index (χ4n) is 1.03. The molecule has 0 aliphatic carbocycles. The number of rotatable bonds is 5. The molecule has 1 aromatic heterocycles. The molecule has 7 heteroatoms. The number of nitrogens with one attached hydrogen (secondary N) is 1. The first-order chi connectivity index (χ1) is 7.46. The minimum Gasteiger partial charge on any atom is -0.478 e. The van der Waals surface area contributed by atoms with Gasteiger partial charge in [0.2, 0.25) is 10.0 Å². The smallest absolute Gasteiger partial charge is 0.337 e. The van der Waals surface area contributed by atoms with Crippen molar-refractivity contribution in [3.63, 3.8) is 0 Å². The van der Waals surface area contributed by atoms with Crippen molar-refractivity contribution in [3.05, 3.63) is 36.7 Å². The summed E-state index contributed by atoms with van der Waals surface area (Å²) < 4.78 is 24.9. The van der Waals surface area contributed by atoms with Gasteiger partial charge >= 0.3 is 5.97 Å².